The summed E-state index contributed by atoms with van der Waals surface area (Å²) in [5.74, 6) is -0.0332. The molecule has 9 nitrogen and oxygen atoms in total. The molecule has 0 atom stereocenters. The molecule has 0 fully saturated rings. The summed E-state index contributed by atoms with van der Waals surface area (Å²) in [4.78, 5) is 25.0. The lowest BCUT2D eigenvalue weighted by Crippen LogP contribution is -2.23. The second kappa shape index (κ2) is 13.8. The first kappa shape index (κ1) is 27.5. The van der Waals surface area contributed by atoms with Crippen molar-refractivity contribution in [2.24, 2.45) is 0 Å². The maximum atomic E-state index is 12.6. The molecule has 186 valence electrons. The van der Waals surface area contributed by atoms with Crippen LogP contribution in [0.15, 0.2) is 102 Å². The van der Waals surface area contributed by atoms with Crippen molar-refractivity contribution < 1.29 is 13.9 Å². The van der Waals surface area contributed by atoms with Crippen molar-refractivity contribution in [1.29, 1.82) is 0 Å². The van der Waals surface area contributed by atoms with E-state index in [9.17, 15) is 9.59 Å². The Hall–Kier alpha value is -4.79. The molecule has 2 rings (SSSR count). The Kier molecular flexibility index (Phi) is 10.5. The first-order valence-corrected chi connectivity index (χ1v) is 11.0. The Morgan fingerprint density at radius 3 is 2.58 bits per heavy atom. The van der Waals surface area contributed by atoms with Crippen molar-refractivity contribution in [2.75, 3.05) is 6.61 Å². The largest absolute Gasteiger partial charge is 0.494 e. The van der Waals surface area contributed by atoms with Gasteiger partial charge in [-0.2, -0.15) is 5.21 Å². The topological polar surface area (TPSA) is 123 Å². The van der Waals surface area contributed by atoms with Gasteiger partial charge in [-0.3, -0.25) is 9.59 Å². The quantitative estimate of drug-likeness (QED) is 0.162. The van der Waals surface area contributed by atoms with Crippen LogP contribution in [0.3, 0.4) is 0 Å². The molecule has 0 aliphatic rings. The Morgan fingerprint density at radius 2 is 1.94 bits per heavy atom. The molecule has 0 unspecified atom stereocenters. The molecule has 2 N–H and O–H groups in total. The number of hydrogen-bond acceptors (Lipinski definition) is 7. The summed E-state index contributed by atoms with van der Waals surface area (Å²) in [6.45, 7) is 22.9. The average Bonchev–Trinajstić information content (AvgIpc) is 3.41. The molecule has 2 aromatic heterocycles. The second-order valence-corrected chi connectivity index (χ2v) is 7.40. The van der Waals surface area contributed by atoms with Crippen LogP contribution in [0.2, 0.25) is 0 Å². The van der Waals surface area contributed by atoms with Gasteiger partial charge in [0.1, 0.15) is 5.76 Å². The van der Waals surface area contributed by atoms with Crippen molar-refractivity contribution in [3.8, 4) is 11.6 Å². The number of amides is 1. The van der Waals surface area contributed by atoms with Crippen LogP contribution in [0.1, 0.15) is 30.6 Å². The third-order valence-electron chi connectivity index (χ3n) is 4.80. The number of carbonyl (C=O) groups is 1. The normalized spacial score (nSPS) is 11.1. The average molecular weight is 488 g/mol. The van der Waals surface area contributed by atoms with Gasteiger partial charge in [-0.15, -0.1) is 10.2 Å². The van der Waals surface area contributed by atoms with E-state index in [2.05, 4.69) is 65.4 Å². The minimum Gasteiger partial charge on any atom is -0.494 e. The molecule has 0 aliphatic heterocycles. The summed E-state index contributed by atoms with van der Waals surface area (Å²) >= 11 is 0. The summed E-state index contributed by atoms with van der Waals surface area (Å²) in [5.41, 5.74) is 0.977. The Bertz CT molecular complexity index is 1280. The molecule has 2 heterocycles. The van der Waals surface area contributed by atoms with E-state index in [1.54, 1.807) is 12.2 Å². The highest BCUT2D eigenvalue weighted by Gasteiger charge is 2.18. The van der Waals surface area contributed by atoms with E-state index in [4.69, 9.17) is 9.15 Å². The van der Waals surface area contributed by atoms with Gasteiger partial charge in [-0.05, 0) is 42.2 Å². The Morgan fingerprint density at radius 1 is 1.17 bits per heavy atom. The number of tetrazole rings is 1. The van der Waals surface area contributed by atoms with E-state index in [0.717, 1.165) is 24.8 Å². The molecule has 0 saturated carbocycles. The summed E-state index contributed by atoms with van der Waals surface area (Å²) < 4.78 is 11.3. The summed E-state index contributed by atoms with van der Waals surface area (Å²) in [7, 11) is 0. The zero-order chi connectivity index (χ0) is 26.5. The van der Waals surface area contributed by atoms with E-state index in [1.165, 1.54) is 18.2 Å². The van der Waals surface area contributed by atoms with Crippen LogP contribution in [0.4, 0.5) is 0 Å². The molecule has 0 bridgehead atoms. The molecular formula is C27H29N5O4. The SMILES string of the molecule is C=C/C=C(\C=C)CCCCOC(=C)/C=C\C(=C)C(=O)NC(=C)c1oc(-c2nn[nH]n2)cc(=O)c1C=C. The zero-order valence-corrected chi connectivity index (χ0v) is 20.1. The fourth-order valence-electron chi connectivity index (χ4n) is 2.93. The standard InChI is InChI=1S/C27H29N5O4/c1-7-12-21(8-2)13-10-11-16-35-19(5)15-14-18(4)27(34)28-20(6)25-22(9-3)23(33)17-24(36-25)26-29-31-32-30-26/h7-9,12,14-15,17H,1-6,10-11,13,16H2,(H,28,34)(H,29,30,31,32)/b15-14-,21-12+. The van der Waals surface area contributed by atoms with Crippen molar-refractivity contribution in [3.05, 3.63) is 114 Å². The van der Waals surface area contributed by atoms with Crippen molar-refractivity contribution in [3.63, 3.8) is 0 Å². The molecule has 0 spiro atoms. The number of nitrogens with one attached hydrogen (secondary N) is 2. The molecule has 0 aliphatic carbocycles. The first-order chi connectivity index (χ1) is 17.3. The first-order valence-electron chi connectivity index (χ1n) is 11.0. The minimum atomic E-state index is -0.558. The number of rotatable bonds is 15. The maximum Gasteiger partial charge on any atom is 0.255 e. The van der Waals surface area contributed by atoms with Crippen LogP contribution in [0.5, 0.6) is 0 Å². The van der Waals surface area contributed by atoms with Gasteiger partial charge in [0, 0.05) is 11.6 Å². The molecule has 0 radical (unpaired) electrons. The number of aromatic amines is 1. The third kappa shape index (κ3) is 7.91. The summed E-state index contributed by atoms with van der Waals surface area (Å²) in [5, 5.41) is 15.9. The lowest BCUT2D eigenvalue weighted by molar-refractivity contribution is -0.116. The molecule has 9 heteroatoms. The van der Waals surface area contributed by atoms with Crippen LogP contribution < -0.4 is 10.7 Å². The molecular weight excluding hydrogens is 458 g/mol. The Labute approximate surface area is 209 Å². The fraction of sp³-hybridized carbons (Fsp3) is 0.148. The van der Waals surface area contributed by atoms with Gasteiger partial charge in [-0.25, -0.2) is 0 Å². The van der Waals surface area contributed by atoms with Crippen molar-refractivity contribution in [2.45, 2.75) is 19.3 Å². The number of allylic oxidation sites excluding steroid dienone is 5. The number of unbranched alkanes of at least 4 members (excludes halogenated alkanes) is 1. The lowest BCUT2D eigenvalue weighted by Gasteiger charge is -2.11. The highest BCUT2D eigenvalue weighted by molar-refractivity contribution is 6.00. The molecule has 2 aromatic rings. The minimum absolute atomic E-state index is 0.0118. The number of nitrogens with zero attached hydrogens (tertiary/aromatic N) is 3. The summed E-state index contributed by atoms with van der Waals surface area (Å²) in [6.07, 6.45) is 12.4. The number of hydrogen-bond donors (Lipinski definition) is 2. The van der Waals surface area contributed by atoms with Crippen LogP contribution >= 0.6 is 0 Å². The van der Waals surface area contributed by atoms with Gasteiger partial charge in [0.2, 0.25) is 5.82 Å². The van der Waals surface area contributed by atoms with Gasteiger partial charge in [0.05, 0.1) is 17.9 Å². The highest BCUT2D eigenvalue weighted by Crippen LogP contribution is 2.21. The summed E-state index contributed by atoms with van der Waals surface area (Å²) in [6, 6.07) is 1.20. The molecule has 1 amide bonds. The number of H-pyrrole nitrogens is 1. The molecule has 0 saturated heterocycles. The van der Waals surface area contributed by atoms with Gasteiger partial charge in [0.15, 0.2) is 16.9 Å². The zero-order valence-electron chi connectivity index (χ0n) is 20.1. The van der Waals surface area contributed by atoms with Crippen LogP contribution in [0.25, 0.3) is 23.4 Å². The van der Waals surface area contributed by atoms with Crippen molar-refractivity contribution >= 4 is 17.7 Å². The number of carbonyl (C=O) groups excluding carboxylic acids is 1. The third-order valence-corrected chi connectivity index (χ3v) is 4.80. The van der Waals surface area contributed by atoms with E-state index < -0.39 is 11.3 Å². The van der Waals surface area contributed by atoms with E-state index in [-0.39, 0.29) is 34.2 Å². The molecule has 36 heavy (non-hydrogen) atoms. The number of ether oxygens (including phenoxy) is 1. The Balaban J connectivity index is 1.93. The fourth-order valence-corrected chi connectivity index (χ4v) is 2.93. The predicted octanol–water partition coefficient (Wildman–Crippen LogP) is 4.66. The number of aromatic nitrogens is 4. The predicted molar refractivity (Wildman–Crippen MR) is 141 cm³/mol. The van der Waals surface area contributed by atoms with Gasteiger partial charge in [0.25, 0.3) is 5.91 Å². The van der Waals surface area contributed by atoms with Crippen molar-refractivity contribution in [1.82, 2.24) is 25.9 Å². The van der Waals surface area contributed by atoms with Gasteiger partial charge < -0.3 is 14.5 Å². The van der Waals surface area contributed by atoms with Gasteiger partial charge >= 0.3 is 0 Å². The lowest BCUT2D eigenvalue weighted by atomic mass is 10.1. The van der Waals surface area contributed by atoms with E-state index in [1.807, 2.05) is 12.2 Å². The van der Waals surface area contributed by atoms with Gasteiger partial charge in [-0.1, -0.05) is 63.8 Å². The van der Waals surface area contributed by atoms with Crippen LogP contribution in [-0.4, -0.2) is 33.1 Å². The smallest absolute Gasteiger partial charge is 0.255 e. The monoisotopic (exact) mass is 487 g/mol. The van der Waals surface area contributed by atoms with Crippen LogP contribution in [0, 0.1) is 0 Å². The maximum absolute atomic E-state index is 12.6. The van der Waals surface area contributed by atoms with E-state index >= 15 is 0 Å². The molecule has 0 aromatic carbocycles. The van der Waals surface area contributed by atoms with Crippen LogP contribution in [-0.2, 0) is 9.53 Å². The van der Waals surface area contributed by atoms with E-state index in [0.29, 0.717) is 12.4 Å². The second-order valence-electron chi connectivity index (χ2n) is 7.40. The highest BCUT2D eigenvalue weighted by atomic mass is 16.5.